The van der Waals surface area contributed by atoms with Crippen molar-refractivity contribution in [3.8, 4) is 0 Å². The van der Waals surface area contributed by atoms with Crippen LogP contribution in [0.1, 0.15) is 78.1 Å². The van der Waals surface area contributed by atoms with Gasteiger partial charge in [0.1, 0.15) is 0 Å². The van der Waals surface area contributed by atoms with Gasteiger partial charge in [0.05, 0.1) is 6.10 Å². The molecule has 0 bridgehead atoms. The van der Waals surface area contributed by atoms with Crippen LogP contribution in [0.15, 0.2) is 0 Å². The molecule has 0 aromatic heterocycles. The van der Waals surface area contributed by atoms with Crippen LogP contribution in [-0.4, -0.2) is 11.2 Å². The van der Waals surface area contributed by atoms with Crippen molar-refractivity contribution >= 4 is 0 Å². The molecule has 0 saturated heterocycles. The van der Waals surface area contributed by atoms with E-state index in [-0.39, 0.29) is 6.10 Å². The largest absolute Gasteiger partial charge is 0.393 e. The average molecular weight is 226 g/mol. The van der Waals surface area contributed by atoms with Gasteiger partial charge in [0.2, 0.25) is 0 Å². The van der Waals surface area contributed by atoms with Crippen molar-refractivity contribution in [3.05, 3.63) is 0 Å². The summed E-state index contributed by atoms with van der Waals surface area (Å²) in [6.45, 7) is 4.53. The molecule has 1 fully saturated rings. The van der Waals surface area contributed by atoms with Gasteiger partial charge in [0.25, 0.3) is 0 Å². The van der Waals surface area contributed by atoms with E-state index in [4.69, 9.17) is 0 Å². The number of unbranched alkanes of at least 4 members (excludes halogenated alkanes) is 4. The molecule has 3 unspecified atom stereocenters. The summed E-state index contributed by atoms with van der Waals surface area (Å²) in [5, 5.41) is 10.1. The van der Waals surface area contributed by atoms with Gasteiger partial charge in [-0.1, -0.05) is 58.8 Å². The van der Waals surface area contributed by atoms with Gasteiger partial charge in [-0.15, -0.1) is 0 Å². The standard InChI is InChI=1S/C15H30O/c1-3-5-6-7-8-9-15(16)14-11-10-13(4-2)12-14/h13-16H,3-12H2,1-2H3. The first-order chi connectivity index (χ1) is 7.77. The van der Waals surface area contributed by atoms with E-state index in [0.717, 1.165) is 12.3 Å². The van der Waals surface area contributed by atoms with Gasteiger partial charge >= 0.3 is 0 Å². The van der Waals surface area contributed by atoms with Crippen molar-refractivity contribution in [1.82, 2.24) is 0 Å². The van der Waals surface area contributed by atoms with Crippen LogP contribution < -0.4 is 0 Å². The number of aliphatic hydroxyl groups is 1. The normalized spacial score (nSPS) is 27.2. The predicted octanol–water partition coefficient (Wildman–Crippen LogP) is 4.53. The summed E-state index contributed by atoms with van der Waals surface area (Å²) in [4.78, 5) is 0. The van der Waals surface area contributed by atoms with Crippen LogP contribution in [0.3, 0.4) is 0 Å². The van der Waals surface area contributed by atoms with Gasteiger partial charge in [0.15, 0.2) is 0 Å². The maximum absolute atomic E-state index is 10.1. The van der Waals surface area contributed by atoms with Crippen molar-refractivity contribution in [2.24, 2.45) is 11.8 Å². The van der Waals surface area contributed by atoms with E-state index in [1.807, 2.05) is 0 Å². The number of aliphatic hydroxyl groups excluding tert-OH is 1. The Morgan fingerprint density at radius 2 is 1.81 bits per heavy atom. The van der Waals surface area contributed by atoms with Crippen molar-refractivity contribution in [2.75, 3.05) is 0 Å². The minimum atomic E-state index is -0.00169. The molecule has 1 saturated carbocycles. The molecular formula is C15H30O. The molecule has 0 amide bonds. The van der Waals surface area contributed by atoms with E-state index in [2.05, 4.69) is 13.8 Å². The molecule has 1 rings (SSSR count). The molecular weight excluding hydrogens is 196 g/mol. The maximum Gasteiger partial charge on any atom is 0.0568 e. The lowest BCUT2D eigenvalue weighted by molar-refractivity contribution is 0.0966. The molecule has 1 aliphatic rings. The van der Waals surface area contributed by atoms with Crippen molar-refractivity contribution < 1.29 is 5.11 Å². The van der Waals surface area contributed by atoms with Crippen LogP contribution >= 0.6 is 0 Å². The first-order valence-electron chi connectivity index (χ1n) is 7.46. The molecule has 0 aromatic rings. The molecule has 0 aromatic carbocycles. The lowest BCUT2D eigenvalue weighted by Crippen LogP contribution is -2.17. The summed E-state index contributed by atoms with van der Waals surface area (Å²) in [7, 11) is 0. The maximum atomic E-state index is 10.1. The Balaban J connectivity index is 2.04. The topological polar surface area (TPSA) is 20.2 Å². The molecule has 1 aliphatic carbocycles. The zero-order chi connectivity index (χ0) is 11.8. The summed E-state index contributed by atoms with van der Waals surface area (Å²) in [5.74, 6) is 1.52. The lowest BCUT2D eigenvalue weighted by atomic mass is 9.94. The molecule has 96 valence electrons. The summed E-state index contributed by atoms with van der Waals surface area (Å²) < 4.78 is 0. The van der Waals surface area contributed by atoms with Crippen LogP contribution in [0.25, 0.3) is 0 Å². The lowest BCUT2D eigenvalue weighted by Gasteiger charge is -2.18. The fraction of sp³-hybridized carbons (Fsp3) is 1.00. The van der Waals surface area contributed by atoms with E-state index < -0.39 is 0 Å². The molecule has 0 spiro atoms. The third-order valence-corrected chi connectivity index (χ3v) is 4.31. The van der Waals surface area contributed by atoms with Crippen LogP contribution in [0.4, 0.5) is 0 Å². The minimum Gasteiger partial charge on any atom is -0.393 e. The van der Waals surface area contributed by atoms with E-state index in [1.54, 1.807) is 0 Å². The SMILES string of the molecule is CCCCCCCC(O)C1CCC(CC)C1. The molecule has 1 nitrogen and oxygen atoms in total. The number of hydrogen-bond donors (Lipinski definition) is 1. The van der Waals surface area contributed by atoms with Gasteiger partial charge in [-0.25, -0.2) is 0 Å². The highest BCUT2D eigenvalue weighted by Gasteiger charge is 2.28. The molecule has 3 atom stereocenters. The third-order valence-electron chi connectivity index (χ3n) is 4.31. The molecule has 0 aliphatic heterocycles. The van der Waals surface area contributed by atoms with Gasteiger partial charge in [-0.05, 0) is 31.1 Å². The zero-order valence-corrected chi connectivity index (χ0v) is 11.3. The first-order valence-corrected chi connectivity index (χ1v) is 7.46. The van der Waals surface area contributed by atoms with Crippen LogP contribution in [0, 0.1) is 11.8 Å². The van der Waals surface area contributed by atoms with E-state index in [0.29, 0.717) is 5.92 Å². The van der Waals surface area contributed by atoms with Crippen LogP contribution in [-0.2, 0) is 0 Å². The van der Waals surface area contributed by atoms with Crippen LogP contribution in [0.5, 0.6) is 0 Å². The zero-order valence-electron chi connectivity index (χ0n) is 11.3. The Bertz CT molecular complexity index is 167. The summed E-state index contributed by atoms with van der Waals surface area (Å²) >= 11 is 0. The van der Waals surface area contributed by atoms with E-state index in [9.17, 15) is 5.11 Å². The molecule has 0 heterocycles. The monoisotopic (exact) mass is 226 g/mol. The molecule has 0 radical (unpaired) electrons. The Kier molecular flexibility index (Phi) is 7.11. The highest BCUT2D eigenvalue weighted by molar-refractivity contribution is 4.79. The van der Waals surface area contributed by atoms with Crippen molar-refractivity contribution in [2.45, 2.75) is 84.2 Å². The number of hydrogen-bond acceptors (Lipinski definition) is 1. The quantitative estimate of drug-likeness (QED) is 0.603. The minimum absolute atomic E-state index is 0.00169. The van der Waals surface area contributed by atoms with Gasteiger partial charge in [-0.2, -0.15) is 0 Å². The molecule has 16 heavy (non-hydrogen) atoms. The van der Waals surface area contributed by atoms with Gasteiger partial charge < -0.3 is 5.11 Å². The third kappa shape index (κ3) is 4.86. The highest BCUT2D eigenvalue weighted by Crippen LogP contribution is 2.36. The molecule has 1 heteroatoms. The van der Waals surface area contributed by atoms with Crippen molar-refractivity contribution in [3.63, 3.8) is 0 Å². The first kappa shape index (κ1) is 14.0. The Morgan fingerprint density at radius 1 is 1.06 bits per heavy atom. The van der Waals surface area contributed by atoms with Crippen molar-refractivity contribution in [1.29, 1.82) is 0 Å². The summed E-state index contributed by atoms with van der Waals surface area (Å²) in [5.41, 5.74) is 0. The predicted molar refractivity (Wildman–Crippen MR) is 70.5 cm³/mol. The molecule has 1 N–H and O–H groups in total. The second-order valence-electron chi connectivity index (χ2n) is 5.62. The fourth-order valence-corrected chi connectivity index (χ4v) is 3.03. The highest BCUT2D eigenvalue weighted by atomic mass is 16.3. The van der Waals surface area contributed by atoms with E-state index >= 15 is 0 Å². The Labute approximate surface area is 102 Å². The van der Waals surface area contributed by atoms with Gasteiger partial charge in [-0.3, -0.25) is 0 Å². The van der Waals surface area contributed by atoms with E-state index in [1.165, 1.54) is 57.8 Å². The smallest absolute Gasteiger partial charge is 0.0568 e. The summed E-state index contributed by atoms with van der Waals surface area (Å²) in [6, 6.07) is 0. The fourth-order valence-electron chi connectivity index (χ4n) is 3.03. The van der Waals surface area contributed by atoms with Gasteiger partial charge in [0, 0.05) is 0 Å². The second-order valence-corrected chi connectivity index (χ2v) is 5.62. The Hall–Kier alpha value is -0.0400. The van der Waals surface area contributed by atoms with Crippen LogP contribution in [0.2, 0.25) is 0 Å². The Morgan fingerprint density at radius 3 is 2.44 bits per heavy atom. The average Bonchev–Trinajstić information content (AvgIpc) is 2.77. The second kappa shape index (κ2) is 8.11. The summed E-state index contributed by atoms with van der Waals surface area (Å²) in [6.07, 6.45) is 12.8. The number of rotatable bonds is 8.